The molecule has 4 nitrogen and oxygen atoms in total. The monoisotopic (exact) mass is 229 g/mol. The zero-order chi connectivity index (χ0) is 11.8. The molecule has 2 fully saturated rings. The van der Waals surface area contributed by atoms with Gasteiger partial charge in [-0.2, -0.15) is 0 Å². The van der Waals surface area contributed by atoms with Crippen molar-refractivity contribution in [1.82, 2.24) is 5.32 Å². The second-order valence-corrected chi connectivity index (χ2v) is 5.27. The average Bonchev–Trinajstić information content (AvgIpc) is 2.69. The van der Waals surface area contributed by atoms with Gasteiger partial charge in [-0.05, 0) is 20.3 Å². The van der Waals surface area contributed by atoms with Crippen LogP contribution in [0.25, 0.3) is 0 Å². The van der Waals surface area contributed by atoms with Crippen molar-refractivity contribution in [3.63, 3.8) is 0 Å². The zero-order valence-electron chi connectivity index (χ0n) is 10.4. The number of hydrogen-bond donors (Lipinski definition) is 2. The highest BCUT2D eigenvalue weighted by Gasteiger charge is 2.53. The van der Waals surface area contributed by atoms with Crippen molar-refractivity contribution in [2.24, 2.45) is 0 Å². The maximum absolute atomic E-state index is 9.33. The Morgan fingerprint density at radius 3 is 2.38 bits per heavy atom. The van der Waals surface area contributed by atoms with Gasteiger partial charge in [0.25, 0.3) is 0 Å². The third-order valence-electron chi connectivity index (χ3n) is 3.45. The van der Waals surface area contributed by atoms with Gasteiger partial charge in [0.2, 0.25) is 0 Å². The van der Waals surface area contributed by atoms with Crippen LogP contribution in [0.5, 0.6) is 0 Å². The van der Waals surface area contributed by atoms with Gasteiger partial charge in [-0.15, -0.1) is 0 Å². The summed E-state index contributed by atoms with van der Waals surface area (Å²) in [5.74, 6) is -0.505. The van der Waals surface area contributed by atoms with Crippen LogP contribution in [0, 0.1) is 0 Å². The highest BCUT2D eigenvalue weighted by atomic mass is 16.8. The predicted molar refractivity (Wildman–Crippen MR) is 61.1 cm³/mol. The molecular formula is C12H23NO3. The molecule has 2 aliphatic rings. The Balaban J connectivity index is 2.02. The number of unbranched alkanes of at least 4 members (excludes halogenated alkanes) is 1. The second kappa shape index (κ2) is 4.61. The van der Waals surface area contributed by atoms with Crippen LogP contribution in [0.15, 0.2) is 0 Å². The van der Waals surface area contributed by atoms with Gasteiger partial charge in [-0.1, -0.05) is 19.8 Å². The zero-order valence-corrected chi connectivity index (χ0v) is 10.4. The number of nitrogens with one attached hydrogen (secondary N) is 1. The first-order chi connectivity index (χ1) is 7.57. The molecule has 94 valence electrons. The largest absolute Gasteiger partial charge is 0.395 e. The molecule has 0 aromatic rings. The standard InChI is InChI=1S/C12H23NO3/c1-4-5-6-8-10-11(9(7-14)13-8)16-12(2,3)15-10/h8-11,13-14H,4-7H2,1-3H3/t8-,9-,10+,11-/m1/s1. The molecule has 4 heteroatoms. The number of ether oxygens (including phenoxy) is 2. The Bertz CT molecular complexity index is 244. The molecule has 2 rings (SSSR count). The highest BCUT2D eigenvalue weighted by Crippen LogP contribution is 2.36. The van der Waals surface area contributed by atoms with E-state index in [0.717, 1.165) is 6.42 Å². The summed E-state index contributed by atoms with van der Waals surface area (Å²) < 4.78 is 11.8. The fraction of sp³-hybridized carbons (Fsp3) is 1.00. The first kappa shape index (κ1) is 12.3. The summed E-state index contributed by atoms with van der Waals surface area (Å²) in [6.45, 7) is 6.18. The van der Waals surface area contributed by atoms with Crippen molar-refractivity contribution in [3.05, 3.63) is 0 Å². The quantitative estimate of drug-likeness (QED) is 0.756. The topological polar surface area (TPSA) is 50.7 Å². The van der Waals surface area contributed by atoms with Gasteiger partial charge in [0.15, 0.2) is 5.79 Å². The van der Waals surface area contributed by atoms with Crippen molar-refractivity contribution in [2.45, 2.75) is 70.1 Å². The fourth-order valence-electron chi connectivity index (χ4n) is 2.73. The van der Waals surface area contributed by atoms with E-state index in [2.05, 4.69) is 12.2 Å². The Labute approximate surface area is 97.3 Å². The van der Waals surface area contributed by atoms with Gasteiger partial charge in [-0.3, -0.25) is 0 Å². The van der Waals surface area contributed by atoms with E-state index in [1.54, 1.807) is 0 Å². The highest BCUT2D eigenvalue weighted by molar-refractivity contribution is 5.03. The van der Waals surface area contributed by atoms with Crippen LogP contribution in [0.4, 0.5) is 0 Å². The first-order valence-electron chi connectivity index (χ1n) is 6.30. The molecule has 0 amide bonds. The molecule has 16 heavy (non-hydrogen) atoms. The van der Waals surface area contributed by atoms with Gasteiger partial charge < -0.3 is 19.9 Å². The van der Waals surface area contributed by atoms with E-state index in [1.165, 1.54) is 12.8 Å². The third kappa shape index (κ3) is 2.25. The molecule has 4 atom stereocenters. The summed E-state index contributed by atoms with van der Waals surface area (Å²) in [5.41, 5.74) is 0. The van der Waals surface area contributed by atoms with Gasteiger partial charge in [0.05, 0.1) is 12.6 Å². The molecule has 0 aromatic heterocycles. The molecule has 0 spiro atoms. The van der Waals surface area contributed by atoms with Crippen LogP contribution in [-0.2, 0) is 9.47 Å². The van der Waals surface area contributed by atoms with E-state index in [-0.39, 0.29) is 24.9 Å². The van der Waals surface area contributed by atoms with Crippen molar-refractivity contribution in [3.8, 4) is 0 Å². The van der Waals surface area contributed by atoms with Crippen molar-refractivity contribution >= 4 is 0 Å². The maximum atomic E-state index is 9.33. The summed E-state index contributed by atoms with van der Waals surface area (Å²) in [5, 5.41) is 12.7. The molecule has 2 heterocycles. The van der Waals surface area contributed by atoms with E-state index in [1.807, 2.05) is 13.8 Å². The number of rotatable bonds is 4. The van der Waals surface area contributed by atoms with E-state index < -0.39 is 5.79 Å². The minimum absolute atomic E-state index is 0.00172. The van der Waals surface area contributed by atoms with Gasteiger partial charge in [0, 0.05) is 6.04 Å². The Morgan fingerprint density at radius 2 is 1.81 bits per heavy atom. The van der Waals surface area contributed by atoms with E-state index >= 15 is 0 Å². The van der Waals surface area contributed by atoms with Gasteiger partial charge in [0.1, 0.15) is 12.2 Å². The first-order valence-corrected chi connectivity index (χ1v) is 6.30. The number of aliphatic hydroxyl groups excluding tert-OH is 1. The molecule has 0 aliphatic carbocycles. The lowest BCUT2D eigenvalue weighted by Gasteiger charge is -2.23. The van der Waals surface area contributed by atoms with E-state index in [9.17, 15) is 5.11 Å². The van der Waals surface area contributed by atoms with Gasteiger partial charge in [-0.25, -0.2) is 0 Å². The van der Waals surface area contributed by atoms with Crippen LogP contribution in [0.1, 0.15) is 40.0 Å². The Kier molecular flexibility index (Phi) is 3.54. The molecule has 0 radical (unpaired) electrons. The molecule has 2 N–H and O–H groups in total. The number of fused-ring (bicyclic) bond motifs is 1. The predicted octanol–water partition coefficient (Wildman–Crippen LogP) is 1.03. The summed E-state index contributed by atoms with van der Waals surface area (Å²) in [7, 11) is 0. The lowest BCUT2D eigenvalue weighted by atomic mass is 10.0. The summed E-state index contributed by atoms with van der Waals surface area (Å²) in [6.07, 6.45) is 3.56. The van der Waals surface area contributed by atoms with E-state index in [0.29, 0.717) is 6.04 Å². The Hall–Kier alpha value is -0.160. The SMILES string of the molecule is CCCC[C@H]1N[C@H](CO)[C@H]2OC(C)(C)O[C@H]21. The normalized spacial score (nSPS) is 41.2. The van der Waals surface area contributed by atoms with Gasteiger partial charge >= 0.3 is 0 Å². The summed E-state index contributed by atoms with van der Waals surface area (Å²) in [4.78, 5) is 0. The molecule has 0 saturated carbocycles. The second-order valence-electron chi connectivity index (χ2n) is 5.27. The van der Waals surface area contributed by atoms with Crippen LogP contribution in [0.2, 0.25) is 0 Å². The molecular weight excluding hydrogens is 206 g/mol. The molecule has 0 bridgehead atoms. The lowest BCUT2D eigenvalue weighted by molar-refractivity contribution is -0.157. The molecule has 2 aliphatic heterocycles. The summed E-state index contributed by atoms with van der Waals surface area (Å²) in [6, 6.07) is 0.345. The van der Waals surface area contributed by atoms with Crippen LogP contribution >= 0.6 is 0 Å². The number of hydrogen-bond acceptors (Lipinski definition) is 4. The number of aliphatic hydroxyl groups is 1. The van der Waals surface area contributed by atoms with Crippen molar-refractivity contribution in [2.75, 3.05) is 6.61 Å². The smallest absolute Gasteiger partial charge is 0.163 e. The Morgan fingerprint density at radius 1 is 1.19 bits per heavy atom. The minimum atomic E-state index is -0.505. The van der Waals surface area contributed by atoms with Crippen LogP contribution in [-0.4, -0.2) is 41.8 Å². The third-order valence-corrected chi connectivity index (χ3v) is 3.45. The van der Waals surface area contributed by atoms with Crippen LogP contribution in [0.3, 0.4) is 0 Å². The van der Waals surface area contributed by atoms with Crippen molar-refractivity contribution in [1.29, 1.82) is 0 Å². The van der Waals surface area contributed by atoms with Crippen molar-refractivity contribution < 1.29 is 14.6 Å². The molecule has 2 saturated heterocycles. The average molecular weight is 229 g/mol. The maximum Gasteiger partial charge on any atom is 0.163 e. The lowest BCUT2D eigenvalue weighted by Crippen LogP contribution is -2.40. The summed E-state index contributed by atoms with van der Waals surface area (Å²) >= 11 is 0. The molecule has 0 unspecified atom stereocenters. The minimum Gasteiger partial charge on any atom is -0.395 e. The molecule has 0 aromatic carbocycles. The fourth-order valence-corrected chi connectivity index (χ4v) is 2.73. The van der Waals surface area contributed by atoms with Crippen LogP contribution < -0.4 is 5.32 Å². The van der Waals surface area contributed by atoms with E-state index in [4.69, 9.17) is 9.47 Å².